The molecule has 1 heterocycles. The minimum atomic E-state index is -0.450. The van der Waals surface area contributed by atoms with Crippen molar-refractivity contribution in [2.75, 3.05) is 5.73 Å². The van der Waals surface area contributed by atoms with Gasteiger partial charge in [0, 0.05) is 18.3 Å². The first-order valence-corrected chi connectivity index (χ1v) is 5.81. The van der Waals surface area contributed by atoms with Gasteiger partial charge in [0.05, 0.1) is 11.4 Å². The number of nitrogen functional groups attached to an aromatic ring is 1. The Labute approximate surface area is 105 Å². The number of rotatable bonds is 4. The average Bonchev–Trinajstić information content (AvgIpc) is 2.68. The maximum Gasteiger partial charge on any atom is 0.167 e. The molecular formula is C13H16FN3O. The predicted molar refractivity (Wildman–Crippen MR) is 67.8 cm³/mol. The van der Waals surface area contributed by atoms with E-state index in [2.05, 4.69) is 5.10 Å². The van der Waals surface area contributed by atoms with Crippen molar-refractivity contribution < 1.29 is 9.13 Å². The first-order chi connectivity index (χ1) is 8.60. The largest absolute Gasteiger partial charge is 0.484 e. The molecule has 18 heavy (non-hydrogen) atoms. The zero-order chi connectivity index (χ0) is 13.1. The van der Waals surface area contributed by atoms with Gasteiger partial charge in [-0.3, -0.25) is 4.68 Å². The van der Waals surface area contributed by atoms with Crippen molar-refractivity contribution in [2.45, 2.75) is 27.0 Å². The van der Waals surface area contributed by atoms with Gasteiger partial charge in [0.15, 0.2) is 11.6 Å². The van der Waals surface area contributed by atoms with E-state index in [1.807, 2.05) is 24.6 Å². The van der Waals surface area contributed by atoms with Crippen LogP contribution in [-0.4, -0.2) is 9.78 Å². The first-order valence-electron chi connectivity index (χ1n) is 5.81. The lowest BCUT2D eigenvalue weighted by Crippen LogP contribution is -2.06. The molecule has 0 aliphatic heterocycles. The Morgan fingerprint density at radius 3 is 2.83 bits per heavy atom. The molecule has 0 amide bonds. The summed E-state index contributed by atoms with van der Waals surface area (Å²) in [6.07, 6.45) is 0. The molecule has 0 saturated heterocycles. The fourth-order valence-corrected chi connectivity index (χ4v) is 1.77. The molecule has 0 unspecified atom stereocenters. The Kier molecular flexibility index (Phi) is 3.50. The predicted octanol–water partition coefficient (Wildman–Crippen LogP) is 2.51. The van der Waals surface area contributed by atoms with Crippen molar-refractivity contribution in [1.29, 1.82) is 0 Å². The third kappa shape index (κ3) is 2.61. The van der Waals surface area contributed by atoms with Gasteiger partial charge >= 0.3 is 0 Å². The van der Waals surface area contributed by atoms with Crippen LogP contribution in [0.1, 0.15) is 18.3 Å². The fraction of sp³-hybridized carbons (Fsp3) is 0.308. The second kappa shape index (κ2) is 5.08. The Bertz CT molecular complexity index is 551. The molecule has 96 valence electrons. The third-order valence-corrected chi connectivity index (χ3v) is 2.62. The summed E-state index contributed by atoms with van der Waals surface area (Å²) in [7, 11) is 0. The molecule has 2 rings (SSSR count). The van der Waals surface area contributed by atoms with Crippen molar-refractivity contribution in [2.24, 2.45) is 0 Å². The molecule has 0 atom stereocenters. The van der Waals surface area contributed by atoms with Gasteiger partial charge < -0.3 is 10.5 Å². The van der Waals surface area contributed by atoms with Crippen LogP contribution in [0.5, 0.6) is 5.75 Å². The highest BCUT2D eigenvalue weighted by Crippen LogP contribution is 2.20. The number of aryl methyl sites for hydroxylation is 2. The Balaban J connectivity index is 2.11. The number of hydrogen-bond acceptors (Lipinski definition) is 3. The summed E-state index contributed by atoms with van der Waals surface area (Å²) in [6.45, 7) is 4.96. The van der Waals surface area contributed by atoms with E-state index in [0.29, 0.717) is 5.69 Å². The van der Waals surface area contributed by atoms with Crippen molar-refractivity contribution in [3.05, 3.63) is 41.5 Å². The van der Waals surface area contributed by atoms with Crippen molar-refractivity contribution in [1.82, 2.24) is 9.78 Å². The van der Waals surface area contributed by atoms with Crippen LogP contribution >= 0.6 is 0 Å². The summed E-state index contributed by atoms with van der Waals surface area (Å²) in [6, 6.07) is 6.32. The van der Waals surface area contributed by atoms with Crippen LogP contribution in [0.3, 0.4) is 0 Å². The monoisotopic (exact) mass is 249 g/mol. The van der Waals surface area contributed by atoms with E-state index in [0.717, 1.165) is 17.9 Å². The van der Waals surface area contributed by atoms with Crippen molar-refractivity contribution >= 4 is 5.69 Å². The molecule has 0 fully saturated rings. The molecule has 0 saturated carbocycles. The minimum absolute atomic E-state index is 0.200. The summed E-state index contributed by atoms with van der Waals surface area (Å²) in [4.78, 5) is 0. The van der Waals surface area contributed by atoms with Gasteiger partial charge in [-0.25, -0.2) is 4.39 Å². The van der Waals surface area contributed by atoms with E-state index < -0.39 is 5.82 Å². The highest BCUT2D eigenvalue weighted by Gasteiger charge is 2.07. The molecule has 0 bridgehead atoms. The summed E-state index contributed by atoms with van der Waals surface area (Å²) < 4.78 is 20.8. The van der Waals surface area contributed by atoms with Crippen LogP contribution in [0, 0.1) is 12.7 Å². The standard InChI is InChI=1S/C13H16FN3O/c1-3-17-11(6-9(2)16-17)8-18-13-5-4-10(15)7-12(13)14/h4-7H,3,8,15H2,1-2H3. The first kappa shape index (κ1) is 12.4. The highest BCUT2D eigenvalue weighted by atomic mass is 19.1. The molecule has 4 nitrogen and oxygen atoms in total. The lowest BCUT2D eigenvalue weighted by Gasteiger charge is -2.08. The number of nitrogens with zero attached hydrogens (tertiary/aromatic N) is 2. The highest BCUT2D eigenvalue weighted by molar-refractivity contribution is 5.42. The van der Waals surface area contributed by atoms with Crippen LogP contribution < -0.4 is 10.5 Å². The second-order valence-corrected chi connectivity index (χ2v) is 4.07. The maximum atomic E-state index is 13.5. The molecule has 2 aromatic rings. The number of benzene rings is 1. The lowest BCUT2D eigenvalue weighted by molar-refractivity contribution is 0.278. The van der Waals surface area contributed by atoms with Gasteiger partial charge in [-0.1, -0.05) is 0 Å². The van der Waals surface area contributed by atoms with E-state index >= 15 is 0 Å². The van der Waals surface area contributed by atoms with Gasteiger partial charge in [-0.15, -0.1) is 0 Å². The smallest absolute Gasteiger partial charge is 0.167 e. The molecule has 0 radical (unpaired) electrons. The summed E-state index contributed by atoms with van der Waals surface area (Å²) in [5.74, 6) is -0.250. The van der Waals surface area contributed by atoms with Crippen LogP contribution in [0.2, 0.25) is 0 Å². The van der Waals surface area contributed by atoms with Crippen molar-refractivity contribution in [3.63, 3.8) is 0 Å². The fourth-order valence-electron chi connectivity index (χ4n) is 1.77. The van der Waals surface area contributed by atoms with Crippen molar-refractivity contribution in [3.8, 4) is 5.75 Å². The number of halogens is 1. The number of hydrogen-bond donors (Lipinski definition) is 1. The zero-order valence-corrected chi connectivity index (χ0v) is 10.5. The van der Waals surface area contributed by atoms with Gasteiger partial charge in [-0.05, 0) is 32.0 Å². The molecular weight excluding hydrogens is 233 g/mol. The number of nitrogens with two attached hydrogens (primary N) is 1. The van der Waals surface area contributed by atoms with E-state index in [1.54, 1.807) is 6.07 Å². The topological polar surface area (TPSA) is 53.1 Å². The summed E-state index contributed by atoms with van der Waals surface area (Å²) >= 11 is 0. The summed E-state index contributed by atoms with van der Waals surface area (Å²) in [5, 5.41) is 4.30. The molecule has 1 aromatic carbocycles. The molecule has 5 heteroatoms. The van der Waals surface area contributed by atoms with Crippen LogP contribution in [0.4, 0.5) is 10.1 Å². The summed E-state index contributed by atoms with van der Waals surface area (Å²) in [5.41, 5.74) is 7.70. The number of aromatic nitrogens is 2. The van der Waals surface area contributed by atoms with Crippen LogP contribution in [0.25, 0.3) is 0 Å². The average molecular weight is 249 g/mol. The minimum Gasteiger partial charge on any atom is -0.484 e. The number of anilines is 1. The van der Waals surface area contributed by atoms with E-state index in [4.69, 9.17) is 10.5 Å². The van der Waals surface area contributed by atoms with Gasteiger partial charge in [0.25, 0.3) is 0 Å². The molecule has 1 aromatic heterocycles. The SMILES string of the molecule is CCn1nc(C)cc1COc1ccc(N)cc1F. The molecule has 2 N–H and O–H groups in total. The van der Waals surface area contributed by atoms with E-state index in [1.165, 1.54) is 12.1 Å². The van der Waals surface area contributed by atoms with Crippen LogP contribution in [0.15, 0.2) is 24.3 Å². The molecule has 0 spiro atoms. The molecule has 0 aliphatic carbocycles. The van der Waals surface area contributed by atoms with Gasteiger partial charge in [0.1, 0.15) is 6.61 Å². The van der Waals surface area contributed by atoms with E-state index in [9.17, 15) is 4.39 Å². The third-order valence-electron chi connectivity index (χ3n) is 2.62. The van der Waals surface area contributed by atoms with Gasteiger partial charge in [-0.2, -0.15) is 5.10 Å². The zero-order valence-electron chi connectivity index (χ0n) is 10.5. The Hall–Kier alpha value is -2.04. The normalized spacial score (nSPS) is 10.6. The lowest BCUT2D eigenvalue weighted by atomic mass is 10.3. The number of ether oxygens (including phenoxy) is 1. The Morgan fingerprint density at radius 2 is 2.17 bits per heavy atom. The van der Waals surface area contributed by atoms with Crippen LogP contribution in [-0.2, 0) is 13.2 Å². The second-order valence-electron chi connectivity index (χ2n) is 4.07. The molecule has 0 aliphatic rings. The van der Waals surface area contributed by atoms with E-state index in [-0.39, 0.29) is 12.4 Å². The van der Waals surface area contributed by atoms with Gasteiger partial charge in [0.2, 0.25) is 0 Å². The Morgan fingerprint density at radius 1 is 1.39 bits per heavy atom. The maximum absolute atomic E-state index is 13.5. The quantitative estimate of drug-likeness (QED) is 0.847.